The van der Waals surface area contributed by atoms with Crippen LogP contribution in [0.3, 0.4) is 0 Å². The van der Waals surface area contributed by atoms with Gasteiger partial charge in [0.15, 0.2) is 0 Å². The zero-order chi connectivity index (χ0) is 14.5. The maximum atomic E-state index is 11.7. The topological polar surface area (TPSA) is 37.3 Å². The van der Waals surface area contributed by atoms with Crippen molar-refractivity contribution in [2.75, 3.05) is 0 Å². The fourth-order valence-corrected chi connectivity index (χ4v) is 3.83. The van der Waals surface area contributed by atoms with Gasteiger partial charge in [-0.25, -0.2) is 0 Å². The molecule has 1 aromatic carbocycles. The molecule has 0 heterocycles. The molecule has 0 radical (unpaired) electrons. The van der Waals surface area contributed by atoms with Crippen molar-refractivity contribution in [3.63, 3.8) is 0 Å². The van der Waals surface area contributed by atoms with E-state index in [1.807, 2.05) is 24.3 Å². The van der Waals surface area contributed by atoms with E-state index in [-0.39, 0.29) is 5.92 Å². The Hall–Kier alpha value is -1.02. The Balaban J connectivity index is 2.16. The summed E-state index contributed by atoms with van der Waals surface area (Å²) in [6.45, 7) is 2.18. The van der Waals surface area contributed by atoms with Crippen molar-refractivity contribution in [3.8, 4) is 0 Å². The molecule has 1 aliphatic carbocycles. The third-order valence-electron chi connectivity index (χ3n) is 4.67. The highest BCUT2D eigenvalue weighted by Gasteiger charge is 2.34. The average molecular weight is 295 g/mol. The number of halogens is 1. The van der Waals surface area contributed by atoms with E-state index in [1.165, 1.54) is 19.3 Å². The Morgan fingerprint density at radius 1 is 1.40 bits per heavy atom. The number of carbonyl (C=O) groups is 1. The summed E-state index contributed by atoms with van der Waals surface area (Å²) in [5.74, 6) is -0.0664. The molecule has 3 atom stereocenters. The van der Waals surface area contributed by atoms with Crippen LogP contribution in [0.5, 0.6) is 0 Å². The van der Waals surface area contributed by atoms with Gasteiger partial charge in [-0.1, -0.05) is 56.3 Å². The molecule has 1 saturated carbocycles. The average Bonchev–Trinajstić information content (AvgIpc) is 2.44. The van der Waals surface area contributed by atoms with Gasteiger partial charge in [0.25, 0.3) is 0 Å². The minimum absolute atomic E-state index is 0.279. The number of hydrogen-bond acceptors (Lipinski definition) is 1. The van der Waals surface area contributed by atoms with E-state index < -0.39 is 5.97 Å². The molecule has 110 valence electrons. The highest BCUT2D eigenvalue weighted by atomic mass is 35.5. The Kier molecular flexibility index (Phi) is 5.47. The number of hydrogen-bond donors (Lipinski definition) is 1. The summed E-state index contributed by atoms with van der Waals surface area (Å²) in [7, 11) is 0. The second-order valence-corrected chi connectivity index (χ2v) is 6.33. The van der Waals surface area contributed by atoms with Gasteiger partial charge in [-0.05, 0) is 42.4 Å². The van der Waals surface area contributed by atoms with Gasteiger partial charge in [0.05, 0.1) is 5.92 Å². The van der Waals surface area contributed by atoms with Crippen LogP contribution >= 0.6 is 11.6 Å². The van der Waals surface area contributed by atoms with Gasteiger partial charge in [-0.3, -0.25) is 4.79 Å². The molecular weight excluding hydrogens is 272 g/mol. The van der Waals surface area contributed by atoms with Crippen LogP contribution in [0.25, 0.3) is 0 Å². The molecule has 3 unspecified atom stereocenters. The van der Waals surface area contributed by atoms with E-state index in [9.17, 15) is 9.90 Å². The van der Waals surface area contributed by atoms with Crippen LogP contribution < -0.4 is 0 Å². The van der Waals surface area contributed by atoms with E-state index in [4.69, 9.17) is 11.6 Å². The minimum Gasteiger partial charge on any atom is -0.481 e. The Bertz CT molecular complexity index is 458. The Morgan fingerprint density at radius 3 is 2.80 bits per heavy atom. The van der Waals surface area contributed by atoms with Gasteiger partial charge in [0.1, 0.15) is 0 Å². The lowest BCUT2D eigenvalue weighted by Gasteiger charge is -2.35. The Morgan fingerprint density at radius 2 is 2.15 bits per heavy atom. The van der Waals surface area contributed by atoms with Crippen molar-refractivity contribution >= 4 is 17.6 Å². The molecule has 0 aromatic heterocycles. The van der Waals surface area contributed by atoms with Gasteiger partial charge < -0.3 is 5.11 Å². The predicted molar refractivity (Wildman–Crippen MR) is 82.0 cm³/mol. The molecule has 0 saturated heterocycles. The summed E-state index contributed by atoms with van der Waals surface area (Å²) in [4.78, 5) is 11.7. The number of benzene rings is 1. The normalized spacial score (nSPS) is 24.3. The molecule has 20 heavy (non-hydrogen) atoms. The summed E-state index contributed by atoms with van der Waals surface area (Å²) in [6.07, 6.45) is 6.33. The molecule has 1 aliphatic rings. The molecule has 1 aromatic rings. The SMILES string of the molecule is CCC1CCCCC1C(Cc1cccc(Cl)c1)C(=O)O. The summed E-state index contributed by atoms with van der Waals surface area (Å²) in [5.41, 5.74) is 1.03. The number of carboxylic acids is 1. The fraction of sp³-hybridized carbons (Fsp3) is 0.588. The van der Waals surface area contributed by atoms with Crippen molar-refractivity contribution < 1.29 is 9.90 Å². The highest BCUT2D eigenvalue weighted by molar-refractivity contribution is 6.30. The van der Waals surface area contributed by atoms with Gasteiger partial charge in [-0.2, -0.15) is 0 Å². The van der Waals surface area contributed by atoms with E-state index >= 15 is 0 Å². The van der Waals surface area contributed by atoms with Gasteiger partial charge in [0.2, 0.25) is 0 Å². The van der Waals surface area contributed by atoms with Crippen LogP contribution in [0, 0.1) is 17.8 Å². The van der Waals surface area contributed by atoms with Crippen molar-refractivity contribution in [1.29, 1.82) is 0 Å². The van der Waals surface area contributed by atoms with Crippen LogP contribution in [0.4, 0.5) is 0 Å². The summed E-state index contributed by atoms with van der Waals surface area (Å²) >= 11 is 6.00. The molecule has 2 rings (SSSR count). The minimum atomic E-state index is -0.657. The van der Waals surface area contributed by atoms with Gasteiger partial charge in [-0.15, -0.1) is 0 Å². The first-order valence-electron chi connectivity index (χ1n) is 7.59. The van der Waals surface area contributed by atoms with Crippen LogP contribution in [0.1, 0.15) is 44.6 Å². The smallest absolute Gasteiger partial charge is 0.307 e. The lowest BCUT2D eigenvalue weighted by molar-refractivity contribution is -0.145. The molecule has 0 spiro atoms. The van der Waals surface area contributed by atoms with Crippen LogP contribution in [0.2, 0.25) is 5.02 Å². The van der Waals surface area contributed by atoms with Gasteiger partial charge in [0, 0.05) is 5.02 Å². The molecule has 0 amide bonds. The zero-order valence-electron chi connectivity index (χ0n) is 12.0. The molecule has 1 N–H and O–H groups in total. The van der Waals surface area contributed by atoms with Crippen molar-refractivity contribution in [1.82, 2.24) is 0 Å². The van der Waals surface area contributed by atoms with Crippen molar-refractivity contribution in [3.05, 3.63) is 34.9 Å². The van der Waals surface area contributed by atoms with E-state index in [0.717, 1.165) is 18.4 Å². The monoisotopic (exact) mass is 294 g/mol. The third-order valence-corrected chi connectivity index (χ3v) is 4.91. The van der Waals surface area contributed by atoms with E-state index in [0.29, 0.717) is 23.3 Å². The van der Waals surface area contributed by atoms with Crippen LogP contribution in [-0.4, -0.2) is 11.1 Å². The fourth-order valence-electron chi connectivity index (χ4n) is 3.61. The first kappa shape index (κ1) is 15.4. The number of carboxylic acid groups (broad SMARTS) is 1. The largest absolute Gasteiger partial charge is 0.481 e. The number of aliphatic carboxylic acids is 1. The lowest BCUT2D eigenvalue weighted by Crippen LogP contribution is -2.33. The third kappa shape index (κ3) is 3.76. The van der Waals surface area contributed by atoms with E-state index in [2.05, 4.69) is 6.92 Å². The summed E-state index contributed by atoms with van der Waals surface area (Å²) < 4.78 is 0. The van der Waals surface area contributed by atoms with Crippen LogP contribution in [-0.2, 0) is 11.2 Å². The maximum Gasteiger partial charge on any atom is 0.307 e. The lowest BCUT2D eigenvalue weighted by atomic mass is 9.70. The molecular formula is C17H23ClO2. The van der Waals surface area contributed by atoms with Crippen molar-refractivity contribution in [2.45, 2.75) is 45.4 Å². The Labute approximate surface area is 126 Å². The quantitative estimate of drug-likeness (QED) is 0.847. The van der Waals surface area contributed by atoms with Crippen LogP contribution in [0.15, 0.2) is 24.3 Å². The standard InChI is InChI=1S/C17H23ClO2/c1-2-13-7-3-4-9-15(13)16(17(19)20)11-12-6-5-8-14(18)10-12/h5-6,8,10,13,15-16H,2-4,7,9,11H2,1H3,(H,19,20). The first-order chi connectivity index (χ1) is 9.61. The summed E-state index contributed by atoms with van der Waals surface area (Å²) in [5, 5.41) is 10.3. The molecule has 1 fully saturated rings. The second kappa shape index (κ2) is 7.12. The first-order valence-corrected chi connectivity index (χ1v) is 7.97. The molecule has 2 nitrogen and oxygen atoms in total. The zero-order valence-corrected chi connectivity index (χ0v) is 12.8. The summed E-state index contributed by atoms with van der Waals surface area (Å²) in [6, 6.07) is 7.60. The van der Waals surface area contributed by atoms with E-state index in [1.54, 1.807) is 0 Å². The molecule has 0 bridgehead atoms. The molecule has 0 aliphatic heterocycles. The molecule has 3 heteroatoms. The number of rotatable bonds is 5. The maximum absolute atomic E-state index is 11.7. The predicted octanol–water partition coefficient (Wildman–Crippen LogP) is 4.80. The second-order valence-electron chi connectivity index (χ2n) is 5.90. The highest BCUT2D eigenvalue weighted by Crippen LogP contribution is 2.38. The van der Waals surface area contributed by atoms with Gasteiger partial charge >= 0.3 is 5.97 Å². The van der Waals surface area contributed by atoms with Crippen molar-refractivity contribution in [2.24, 2.45) is 17.8 Å².